The highest BCUT2D eigenvalue weighted by atomic mass is 19.1. The number of rotatable bonds is 5. The summed E-state index contributed by atoms with van der Waals surface area (Å²) in [5.74, 6) is -1.91. The second kappa shape index (κ2) is 6.74. The Kier molecular flexibility index (Phi) is 4.77. The first kappa shape index (κ1) is 14.8. The molecule has 0 aromatic heterocycles. The van der Waals surface area contributed by atoms with E-state index >= 15 is 0 Å². The van der Waals surface area contributed by atoms with E-state index in [1.54, 1.807) is 30.3 Å². The van der Waals surface area contributed by atoms with Gasteiger partial charge in [-0.15, -0.1) is 0 Å². The number of para-hydroxylation sites is 2. The zero-order chi connectivity index (χ0) is 15.2. The fourth-order valence-electron chi connectivity index (χ4n) is 1.94. The van der Waals surface area contributed by atoms with Crippen molar-refractivity contribution >= 4 is 5.97 Å². The van der Waals surface area contributed by atoms with Crippen molar-refractivity contribution in [2.24, 2.45) is 0 Å². The van der Waals surface area contributed by atoms with Gasteiger partial charge in [-0.1, -0.05) is 30.3 Å². The number of methoxy groups -OCH3 is 1. The Balaban J connectivity index is 2.21. The topological polar surface area (TPSA) is 55.8 Å². The van der Waals surface area contributed by atoms with Crippen molar-refractivity contribution in [3.8, 4) is 11.5 Å². The van der Waals surface area contributed by atoms with Crippen molar-refractivity contribution in [1.29, 1.82) is 0 Å². The molecule has 5 heteroatoms. The molecule has 1 atom stereocenters. The molecule has 1 unspecified atom stereocenters. The summed E-state index contributed by atoms with van der Waals surface area (Å²) in [4.78, 5) is 11.9. The Morgan fingerprint density at radius 2 is 1.86 bits per heavy atom. The number of hydrogen-bond donors (Lipinski definition) is 1. The van der Waals surface area contributed by atoms with Gasteiger partial charge in [-0.25, -0.2) is 4.39 Å². The molecule has 2 aromatic carbocycles. The molecule has 0 fully saturated rings. The normalized spacial score (nSPS) is 11.7. The fraction of sp³-hybridized carbons (Fsp3) is 0.188. The third kappa shape index (κ3) is 3.51. The van der Waals surface area contributed by atoms with E-state index in [0.29, 0.717) is 5.56 Å². The molecule has 0 radical (unpaired) electrons. The average molecular weight is 290 g/mol. The minimum Gasteiger partial charge on any atom is -0.508 e. The lowest BCUT2D eigenvalue weighted by atomic mass is 9.99. The van der Waals surface area contributed by atoms with Crippen LogP contribution in [-0.2, 0) is 9.53 Å². The molecular weight excluding hydrogens is 275 g/mol. The smallest absolute Gasteiger partial charge is 0.316 e. The first-order chi connectivity index (χ1) is 10.1. The van der Waals surface area contributed by atoms with Gasteiger partial charge in [0.15, 0.2) is 11.6 Å². The van der Waals surface area contributed by atoms with Gasteiger partial charge in [-0.2, -0.15) is 0 Å². The Morgan fingerprint density at radius 1 is 1.19 bits per heavy atom. The quantitative estimate of drug-likeness (QED) is 0.860. The summed E-state index contributed by atoms with van der Waals surface area (Å²) in [6.07, 6.45) is 0. The average Bonchev–Trinajstić information content (AvgIpc) is 2.50. The number of phenolic OH excluding ortho intramolecular Hbond substituents is 1. The lowest BCUT2D eigenvalue weighted by Gasteiger charge is -2.17. The monoisotopic (exact) mass is 290 g/mol. The molecule has 1 N–H and O–H groups in total. The van der Waals surface area contributed by atoms with Crippen LogP contribution in [0.3, 0.4) is 0 Å². The molecule has 21 heavy (non-hydrogen) atoms. The summed E-state index contributed by atoms with van der Waals surface area (Å²) >= 11 is 0. The molecule has 0 aliphatic rings. The molecule has 0 bridgehead atoms. The summed E-state index contributed by atoms with van der Waals surface area (Å²) < 4.78 is 23.6. The minimum absolute atomic E-state index is 0.0370. The van der Waals surface area contributed by atoms with Crippen LogP contribution in [0.5, 0.6) is 11.5 Å². The Hall–Kier alpha value is -2.56. The molecule has 0 saturated carbocycles. The summed E-state index contributed by atoms with van der Waals surface area (Å²) in [6.45, 7) is -0.134. The van der Waals surface area contributed by atoms with Crippen molar-refractivity contribution < 1.29 is 23.8 Å². The van der Waals surface area contributed by atoms with E-state index in [1.165, 1.54) is 25.3 Å². The van der Waals surface area contributed by atoms with Gasteiger partial charge in [-0.3, -0.25) is 4.79 Å². The maximum atomic E-state index is 13.5. The van der Waals surface area contributed by atoms with Crippen molar-refractivity contribution in [2.45, 2.75) is 5.92 Å². The molecular formula is C16H15FO4. The number of hydrogen-bond acceptors (Lipinski definition) is 4. The van der Waals surface area contributed by atoms with Crippen LogP contribution in [0.1, 0.15) is 11.5 Å². The zero-order valence-corrected chi connectivity index (χ0v) is 11.5. The number of benzene rings is 2. The van der Waals surface area contributed by atoms with Gasteiger partial charge in [0.1, 0.15) is 18.3 Å². The first-order valence-corrected chi connectivity index (χ1v) is 6.36. The highest BCUT2D eigenvalue weighted by molar-refractivity contribution is 5.79. The molecule has 4 nitrogen and oxygen atoms in total. The van der Waals surface area contributed by atoms with Crippen LogP contribution in [0.2, 0.25) is 0 Å². The molecule has 2 aromatic rings. The van der Waals surface area contributed by atoms with Crippen molar-refractivity contribution in [2.75, 3.05) is 13.7 Å². The lowest BCUT2D eigenvalue weighted by molar-refractivity contribution is -0.143. The second-order valence-corrected chi connectivity index (χ2v) is 4.38. The third-order valence-electron chi connectivity index (χ3n) is 3.04. The molecule has 0 heterocycles. The largest absolute Gasteiger partial charge is 0.508 e. The number of halogens is 1. The number of ether oxygens (including phenoxy) is 2. The predicted molar refractivity (Wildman–Crippen MR) is 74.8 cm³/mol. The Bertz CT molecular complexity index is 627. The third-order valence-corrected chi connectivity index (χ3v) is 3.04. The van der Waals surface area contributed by atoms with Crippen molar-refractivity contribution in [1.82, 2.24) is 0 Å². The van der Waals surface area contributed by atoms with E-state index < -0.39 is 17.7 Å². The second-order valence-electron chi connectivity index (χ2n) is 4.38. The number of esters is 1. The van der Waals surface area contributed by atoms with Crippen LogP contribution in [0.4, 0.5) is 4.39 Å². The SMILES string of the molecule is COC(=O)C(COc1ccccc1F)c1ccccc1O. The van der Waals surface area contributed by atoms with Gasteiger partial charge >= 0.3 is 5.97 Å². The van der Waals surface area contributed by atoms with Gasteiger partial charge in [-0.05, 0) is 18.2 Å². The molecule has 0 saturated heterocycles. The number of carbonyl (C=O) groups is 1. The standard InChI is InChI=1S/C16H15FO4/c1-20-16(19)12(11-6-2-4-8-14(11)18)10-21-15-9-5-3-7-13(15)17/h2-9,12,18H,10H2,1H3. The summed E-state index contributed by atoms with van der Waals surface area (Å²) in [5.41, 5.74) is 0.376. The highest BCUT2D eigenvalue weighted by Gasteiger charge is 2.25. The fourth-order valence-corrected chi connectivity index (χ4v) is 1.94. The van der Waals surface area contributed by atoms with Crippen LogP contribution >= 0.6 is 0 Å². The minimum atomic E-state index is -0.837. The summed E-state index contributed by atoms with van der Waals surface area (Å²) in [6, 6.07) is 12.3. The molecule has 0 aliphatic heterocycles. The number of aromatic hydroxyl groups is 1. The van der Waals surface area contributed by atoms with Gasteiger partial charge in [0.2, 0.25) is 0 Å². The van der Waals surface area contributed by atoms with E-state index in [-0.39, 0.29) is 18.1 Å². The molecule has 0 spiro atoms. The van der Waals surface area contributed by atoms with E-state index in [4.69, 9.17) is 9.47 Å². The van der Waals surface area contributed by atoms with Gasteiger partial charge in [0.05, 0.1) is 7.11 Å². The van der Waals surface area contributed by atoms with E-state index in [1.807, 2.05) is 0 Å². The highest BCUT2D eigenvalue weighted by Crippen LogP contribution is 2.28. The molecule has 2 rings (SSSR count). The zero-order valence-electron chi connectivity index (χ0n) is 11.5. The lowest BCUT2D eigenvalue weighted by Crippen LogP contribution is -2.21. The molecule has 110 valence electrons. The maximum absolute atomic E-state index is 13.5. The number of phenols is 1. The Labute approximate surface area is 121 Å². The van der Waals surface area contributed by atoms with Crippen molar-refractivity contribution in [3.05, 3.63) is 59.9 Å². The van der Waals surface area contributed by atoms with Gasteiger partial charge < -0.3 is 14.6 Å². The Morgan fingerprint density at radius 3 is 2.52 bits per heavy atom. The van der Waals surface area contributed by atoms with Crippen molar-refractivity contribution in [3.63, 3.8) is 0 Å². The van der Waals surface area contributed by atoms with Crippen LogP contribution in [0, 0.1) is 5.82 Å². The van der Waals surface area contributed by atoms with Crippen LogP contribution in [-0.4, -0.2) is 24.8 Å². The maximum Gasteiger partial charge on any atom is 0.316 e. The van der Waals surface area contributed by atoms with Gasteiger partial charge in [0, 0.05) is 5.56 Å². The van der Waals surface area contributed by atoms with Crippen LogP contribution in [0.15, 0.2) is 48.5 Å². The predicted octanol–water partition coefficient (Wildman–Crippen LogP) is 2.87. The van der Waals surface area contributed by atoms with Crippen LogP contribution < -0.4 is 4.74 Å². The summed E-state index contributed by atoms with van der Waals surface area (Å²) in [7, 11) is 1.25. The van der Waals surface area contributed by atoms with E-state index in [0.717, 1.165) is 0 Å². The summed E-state index contributed by atoms with van der Waals surface area (Å²) in [5, 5.41) is 9.84. The van der Waals surface area contributed by atoms with E-state index in [2.05, 4.69) is 0 Å². The molecule has 0 amide bonds. The number of carbonyl (C=O) groups excluding carboxylic acids is 1. The molecule has 0 aliphatic carbocycles. The first-order valence-electron chi connectivity index (χ1n) is 6.36. The van der Waals surface area contributed by atoms with E-state index in [9.17, 15) is 14.3 Å². The van der Waals surface area contributed by atoms with Gasteiger partial charge in [0.25, 0.3) is 0 Å². The van der Waals surface area contributed by atoms with Crippen LogP contribution in [0.25, 0.3) is 0 Å².